The second kappa shape index (κ2) is 5.35. The van der Waals surface area contributed by atoms with Crippen molar-refractivity contribution < 1.29 is 14.3 Å². The minimum absolute atomic E-state index is 0.152. The van der Waals surface area contributed by atoms with Crippen molar-refractivity contribution >= 4 is 5.91 Å². The third-order valence-corrected chi connectivity index (χ3v) is 3.98. The third kappa shape index (κ3) is 2.60. The smallest absolute Gasteiger partial charge is 0.220 e. The van der Waals surface area contributed by atoms with E-state index in [0.717, 1.165) is 42.7 Å². The molecule has 1 fully saturated rings. The van der Waals surface area contributed by atoms with Gasteiger partial charge in [0.15, 0.2) is 11.5 Å². The largest absolute Gasteiger partial charge is 0.486 e. The number of nitrogens with one attached hydrogen (secondary N) is 1. The molecule has 0 atom stereocenters. The predicted molar refractivity (Wildman–Crippen MR) is 76.0 cm³/mol. The van der Waals surface area contributed by atoms with Gasteiger partial charge in [-0.05, 0) is 37.0 Å². The van der Waals surface area contributed by atoms with Crippen LogP contribution in [0.25, 0.3) is 0 Å². The molecule has 1 N–H and O–H groups in total. The number of ether oxygens (including phenoxy) is 2. The van der Waals surface area contributed by atoms with E-state index >= 15 is 0 Å². The van der Waals surface area contributed by atoms with Crippen molar-refractivity contribution in [2.75, 3.05) is 13.2 Å². The number of carbonyl (C=O) groups excluding carboxylic acids is 1. The Morgan fingerprint density at radius 1 is 1.25 bits per heavy atom. The highest BCUT2D eigenvalue weighted by molar-refractivity contribution is 5.77. The molecule has 3 rings (SSSR count). The van der Waals surface area contributed by atoms with E-state index in [1.54, 1.807) is 0 Å². The summed E-state index contributed by atoms with van der Waals surface area (Å²) in [6.45, 7) is 3.29. The highest BCUT2D eigenvalue weighted by Crippen LogP contribution is 2.47. The van der Waals surface area contributed by atoms with Gasteiger partial charge in [-0.2, -0.15) is 0 Å². The molecular formula is C16H21NO3. The number of carbonyl (C=O) groups is 1. The Balaban J connectivity index is 1.73. The van der Waals surface area contributed by atoms with Gasteiger partial charge in [0.1, 0.15) is 13.2 Å². The summed E-state index contributed by atoms with van der Waals surface area (Å²) in [6, 6.07) is 6.00. The first-order valence-corrected chi connectivity index (χ1v) is 7.45. The van der Waals surface area contributed by atoms with Crippen LogP contribution in [0.5, 0.6) is 11.5 Å². The summed E-state index contributed by atoms with van der Waals surface area (Å²) in [5.74, 6) is 1.75. The Bertz CT molecular complexity index is 508. The van der Waals surface area contributed by atoms with Gasteiger partial charge >= 0.3 is 0 Å². The molecule has 20 heavy (non-hydrogen) atoms. The molecule has 4 nitrogen and oxygen atoms in total. The number of hydrogen-bond donors (Lipinski definition) is 1. The average molecular weight is 275 g/mol. The Morgan fingerprint density at radius 3 is 2.70 bits per heavy atom. The molecule has 4 heteroatoms. The van der Waals surface area contributed by atoms with E-state index in [9.17, 15) is 4.79 Å². The molecule has 1 amide bonds. The first-order valence-electron chi connectivity index (χ1n) is 7.45. The van der Waals surface area contributed by atoms with Gasteiger partial charge in [0.25, 0.3) is 0 Å². The normalized spacial score (nSPS) is 18.4. The van der Waals surface area contributed by atoms with Crippen LogP contribution >= 0.6 is 0 Å². The van der Waals surface area contributed by atoms with Crippen molar-refractivity contribution in [2.45, 2.75) is 44.6 Å². The molecule has 0 spiro atoms. The van der Waals surface area contributed by atoms with Gasteiger partial charge < -0.3 is 14.8 Å². The molecule has 1 saturated carbocycles. The molecule has 0 aromatic heterocycles. The minimum Gasteiger partial charge on any atom is -0.486 e. The maximum absolute atomic E-state index is 12.0. The quantitative estimate of drug-likeness (QED) is 0.899. The van der Waals surface area contributed by atoms with Crippen LogP contribution in [0.3, 0.4) is 0 Å². The first-order chi connectivity index (χ1) is 9.73. The highest BCUT2D eigenvalue weighted by Gasteiger charge is 2.45. The summed E-state index contributed by atoms with van der Waals surface area (Å²) in [6.07, 6.45) is 4.62. The van der Waals surface area contributed by atoms with Crippen LogP contribution in [-0.2, 0) is 10.3 Å². The second-order valence-electron chi connectivity index (χ2n) is 5.59. The number of amides is 1. The van der Waals surface area contributed by atoms with Gasteiger partial charge in [0.2, 0.25) is 5.91 Å². The molecule has 1 aliphatic heterocycles. The van der Waals surface area contributed by atoms with Crippen LogP contribution in [0.2, 0.25) is 0 Å². The van der Waals surface area contributed by atoms with Crippen molar-refractivity contribution in [3.8, 4) is 11.5 Å². The summed E-state index contributed by atoms with van der Waals surface area (Å²) in [7, 11) is 0. The Kier molecular flexibility index (Phi) is 3.55. The minimum atomic E-state index is -0.166. The lowest BCUT2D eigenvalue weighted by molar-refractivity contribution is -0.122. The van der Waals surface area contributed by atoms with Gasteiger partial charge in [-0.1, -0.05) is 19.4 Å². The Hall–Kier alpha value is -1.71. The molecule has 108 valence electrons. The van der Waals surface area contributed by atoms with E-state index in [0.29, 0.717) is 19.6 Å². The van der Waals surface area contributed by atoms with E-state index in [-0.39, 0.29) is 11.4 Å². The number of hydrogen-bond acceptors (Lipinski definition) is 3. The number of rotatable bonds is 5. The Labute approximate surface area is 119 Å². The van der Waals surface area contributed by atoms with Crippen LogP contribution in [0.15, 0.2) is 18.2 Å². The monoisotopic (exact) mass is 275 g/mol. The van der Waals surface area contributed by atoms with Gasteiger partial charge in [-0.3, -0.25) is 4.79 Å². The van der Waals surface area contributed by atoms with Crippen molar-refractivity contribution in [1.82, 2.24) is 5.32 Å². The van der Waals surface area contributed by atoms with Gasteiger partial charge in [-0.15, -0.1) is 0 Å². The predicted octanol–water partition coefficient (Wildman–Crippen LogP) is 2.75. The van der Waals surface area contributed by atoms with Crippen LogP contribution in [0.1, 0.15) is 44.6 Å². The van der Waals surface area contributed by atoms with E-state index in [1.807, 2.05) is 18.2 Å². The van der Waals surface area contributed by atoms with Gasteiger partial charge in [-0.25, -0.2) is 0 Å². The topological polar surface area (TPSA) is 47.6 Å². The lowest BCUT2D eigenvalue weighted by Gasteiger charge is -2.22. The average Bonchev–Trinajstić information content (AvgIpc) is 3.25. The Morgan fingerprint density at radius 2 is 2.00 bits per heavy atom. The molecule has 0 saturated heterocycles. The number of unbranched alkanes of at least 4 members (excludes halogenated alkanes) is 1. The summed E-state index contributed by atoms with van der Waals surface area (Å²) < 4.78 is 11.2. The first kappa shape index (κ1) is 13.3. The highest BCUT2D eigenvalue weighted by atomic mass is 16.6. The molecule has 1 aliphatic carbocycles. The SMILES string of the molecule is CCCCC(=O)NC1(c2ccc3c(c2)OCCO3)CC1. The molecule has 0 radical (unpaired) electrons. The fourth-order valence-corrected chi connectivity index (χ4v) is 2.62. The maximum Gasteiger partial charge on any atom is 0.220 e. The van der Waals surface area contributed by atoms with Crippen molar-refractivity contribution in [2.24, 2.45) is 0 Å². The molecule has 0 bridgehead atoms. The summed E-state index contributed by atoms with van der Waals surface area (Å²) in [4.78, 5) is 12.0. The molecule has 2 aliphatic rings. The second-order valence-corrected chi connectivity index (χ2v) is 5.59. The summed E-state index contributed by atoms with van der Waals surface area (Å²) >= 11 is 0. The van der Waals surface area contributed by atoms with Gasteiger partial charge in [0.05, 0.1) is 5.54 Å². The van der Waals surface area contributed by atoms with Crippen molar-refractivity contribution in [3.63, 3.8) is 0 Å². The van der Waals surface area contributed by atoms with E-state index in [2.05, 4.69) is 12.2 Å². The molecular weight excluding hydrogens is 254 g/mol. The summed E-state index contributed by atoms with van der Waals surface area (Å²) in [5, 5.41) is 3.19. The van der Waals surface area contributed by atoms with Crippen LogP contribution < -0.4 is 14.8 Å². The number of fused-ring (bicyclic) bond motifs is 1. The standard InChI is InChI=1S/C16H21NO3/c1-2-3-4-15(18)17-16(7-8-16)12-5-6-13-14(11-12)20-10-9-19-13/h5-6,11H,2-4,7-10H2,1H3,(H,17,18). The maximum atomic E-state index is 12.0. The van der Waals surface area contributed by atoms with Crippen molar-refractivity contribution in [3.05, 3.63) is 23.8 Å². The lowest BCUT2D eigenvalue weighted by atomic mass is 10.0. The van der Waals surface area contributed by atoms with Crippen LogP contribution in [0.4, 0.5) is 0 Å². The van der Waals surface area contributed by atoms with E-state index in [1.165, 1.54) is 0 Å². The molecule has 1 heterocycles. The fourth-order valence-electron chi connectivity index (χ4n) is 2.62. The number of benzene rings is 1. The zero-order valence-corrected chi connectivity index (χ0v) is 11.9. The van der Waals surface area contributed by atoms with E-state index < -0.39 is 0 Å². The lowest BCUT2D eigenvalue weighted by Crippen LogP contribution is -2.34. The molecule has 0 unspecified atom stereocenters. The third-order valence-electron chi connectivity index (χ3n) is 3.98. The summed E-state index contributed by atoms with van der Waals surface area (Å²) in [5.41, 5.74) is 0.965. The van der Waals surface area contributed by atoms with E-state index in [4.69, 9.17) is 9.47 Å². The molecule has 1 aromatic carbocycles. The fraction of sp³-hybridized carbons (Fsp3) is 0.562. The molecule has 1 aromatic rings. The van der Waals surface area contributed by atoms with Crippen LogP contribution in [0, 0.1) is 0 Å². The zero-order chi connectivity index (χ0) is 14.0. The van der Waals surface area contributed by atoms with Gasteiger partial charge in [0, 0.05) is 6.42 Å². The van der Waals surface area contributed by atoms with Crippen LogP contribution in [-0.4, -0.2) is 19.1 Å². The van der Waals surface area contributed by atoms with Crippen molar-refractivity contribution in [1.29, 1.82) is 0 Å². The zero-order valence-electron chi connectivity index (χ0n) is 11.9.